The molecule has 0 aromatic heterocycles. The van der Waals surface area contributed by atoms with Crippen molar-refractivity contribution in [2.45, 2.75) is 26.2 Å². The van der Waals surface area contributed by atoms with Crippen molar-refractivity contribution in [1.29, 1.82) is 0 Å². The van der Waals surface area contributed by atoms with Crippen LogP contribution >= 0.6 is 0 Å². The molecule has 2 N–H and O–H groups in total. The Morgan fingerprint density at radius 3 is 2.50 bits per heavy atom. The minimum atomic E-state index is -0.843. The van der Waals surface area contributed by atoms with E-state index in [1.54, 1.807) is 14.0 Å². The summed E-state index contributed by atoms with van der Waals surface area (Å²) in [4.78, 5) is 22.1. The molecule has 20 heavy (non-hydrogen) atoms. The van der Waals surface area contributed by atoms with Crippen LogP contribution < -0.4 is 10.1 Å². The maximum Gasteiger partial charge on any atom is 0.303 e. The molecule has 1 rings (SSSR count). The highest BCUT2D eigenvalue weighted by Crippen LogP contribution is 2.12. The number of hydrogen-bond acceptors (Lipinski definition) is 3. The number of amides is 1. The van der Waals surface area contributed by atoms with Crippen molar-refractivity contribution < 1.29 is 19.4 Å². The molecule has 1 aromatic rings. The van der Waals surface area contributed by atoms with Crippen LogP contribution in [0.5, 0.6) is 5.75 Å². The zero-order valence-electron chi connectivity index (χ0n) is 11.9. The number of carboxylic acids is 1. The fourth-order valence-electron chi connectivity index (χ4n) is 1.80. The van der Waals surface area contributed by atoms with Gasteiger partial charge in [0.05, 0.1) is 7.11 Å². The van der Waals surface area contributed by atoms with Gasteiger partial charge in [-0.1, -0.05) is 19.1 Å². The fourth-order valence-corrected chi connectivity index (χ4v) is 1.80. The van der Waals surface area contributed by atoms with Crippen LogP contribution in [0.3, 0.4) is 0 Å². The fraction of sp³-hybridized carbons (Fsp3) is 0.467. The van der Waals surface area contributed by atoms with E-state index in [2.05, 4.69) is 5.32 Å². The second-order valence-corrected chi connectivity index (χ2v) is 4.86. The van der Waals surface area contributed by atoms with Gasteiger partial charge in [0.15, 0.2) is 0 Å². The lowest BCUT2D eigenvalue weighted by atomic mass is 10.1. The summed E-state index contributed by atoms with van der Waals surface area (Å²) < 4.78 is 5.06. The Morgan fingerprint density at radius 2 is 1.95 bits per heavy atom. The summed E-state index contributed by atoms with van der Waals surface area (Å²) in [6, 6.07) is 7.59. The number of carboxylic acid groups (broad SMARTS) is 1. The molecule has 0 spiro atoms. The number of aliphatic carboxylic acids is 1. The number of aryl methyl sites for hydroxylation is 1. The zero-order valence-corrected chi connectivity index (χ0v) is 11.9. The van der Waals surface area contributed by atoms with Crippen LogP contribution in [0.15, 0.2) is 24.3 Å². The molecular weight excluding hydrogens is 258 g/mol. The Hall–Kier alpha value is -2.04. The monoisotopic (exact) mass is 279 g/mol. The van der Waals surface area contributed by atoms with Crippen molar-refractivity contribution >= 4 is 11.9 Å². The Morgan fingerprint density at radius 1 is 1.30 bits per heavy atom. The molecule has 1 atom stereocenters. The first-order valence-corrected chi connectivity index (χ1v) is 6.62. The molecule has 0 heterocycles. The third-order valence-electron chi connectivity index (χ3n) is 2.97. The lowest BCUT2D eigenvalue weighted by Crippen LogP contribution is -2.29. The van der Waals surface area contributed by atoms with Gasteiger partial charge in [0.1, 0.15) is 5.75 Å². The second kappa shape index (κ2) is 8.19. The van der Waals surface area contributed by atoms with E-state index in [0.29, 0.717) is 19.4 Å². The number of benzene rings is 1. The van der Waals surface area contributed by atoms with Crippen LogP contribution in [0.4, 0.5) is 0 Å². The first-order chi connectivity index (χ1) is 9.51. The summed E-state index contributed by atoms with van der Waals surface area (Å²) in [7, 11) is 1.61. The van der Waals surface area contributed by atoms with Crippen LogP contribution in [-0.2, 0) is 16.0 Å². The van der Waals surface area contributed by atoms with E-state index >= 15 is 0 Å². The lowest BCUT2D eigenvalue weighted by molar-refractivity contribution is -0.138. The van der Waals surface area contributed by atoms with E-state index in [1.165, 1.54) is 0 Å². The van der Waals surface area contributed by atoms with Gasteiger partial charge in [-0.05, 0) is 30.0 Å². The lowest BCUT2D eigenvalue weighted by Gasteiger charge is -2.10. The predicted octanol–water partition coefficient (Wildman–Crippen LogP) is 1.85. The molecule has 0 aliphatic rings. The highest BCUT2D eigenvalue weighted by atomic mass is 16.5. The molecule has 0 fully saturated rings. The van der Waals surface area contributed by atoms with Crippen molar-refractivity contribution in [3.63, 3.8) is 0 Å². The number of carbonyl (C=O) groups excluding carboxylic acids is 1. The largest absolute Gasteiger partial charge is 0.497 e. The Bertz CT molecular complexity index is 442. The highest BCUT2D eigenvalue weighted by molar-refractivity contribution is 5.76. The number of ether oxygens (including phenoxy) is 1. The summed E-state index contributed by atoms with van der Waals surface area (Å²) in [5.74, 6) is -0.166. The average Bonchev–Trinajstić information content (AvgIpc) is 2.42. The third kappa shape index (κ3) is 6.22. The maximum absolute atomic E-state index is 11.6. The molecule has 1 aromatic carbocycles. The number of carbonyl (C=O) groups is 2. The minimum Gasteiger partial charge on any atom is -0.497 e. The van der Waals surface area contributed by atoms with Gasteiger partial charge in [0.25, 0.3) is 0 Å². The molecule has 0 aliphatic heterocycles. The summed E-state index contributed by atoms with van der Waals surface area (Å²) in [5, 5.41) is 11.4. The van der Waals surface area contributed by atoms with Gasteiger partial charge in [-0.15, -0.1) is 0 Å². The molecule has 5 heteroatoms. The van der Waals surface area contributed by atoms with Gasteiger partial charge in [0.2, 0.25) is 5.91 Å². The van der Waals surface area contributed by atoms with Crippen LogP contribution in [0.2, 0.25) is 0 Å². The zero-order chi connectivity index (χ0) is 15.0. The van der Waals surface area contributed by atoms with E-state index < -0.39 is 5.97 Å². The molecule has 0 saturated carbocycles. The topological polar surface area (TPSA) is 75.6 Å². The molecule has 110 valence electrons. The van der Waals surface area contributed by atoms with Crippen LogP contribution in [0.25, 0.3) is 0 Å². The van der Waals surface area contributed by atoms with E-state index in [0.717, 1.165) is 11.3 Å². The summed E-state index contributed by atoms with van der Waals surface area (Å²) in [6.07, 6.45) is 1.12. The summed E-state index contributed by atoms with van der Waals surface area (Å²) in [5.41, 5.74) is 1.07. The maximum atomic E-state index is 11.6. The van der Waals surface area contributed by atoms with Crippen LogP contribution in [0.1, 0.15) is 25.3 Å². The van der Waals surface area contributed by atoms with Gasteiger partial charge >= 0.3 is 5.97 Å². The summed E-state index contributed by atoms with van der Waals surface area (Å²) in [6.45, 7) is 2.20. The molecule has 1 amide bonds. The number of rotatable bonds is 8. The van der Waals surface area contributed by atoms with Crippen molar-refractivity contribution in [3.8, 4) is 5.75 Å². The minimum absolute atomic E-state index is 0.0574. The van der Waals surface area contributed by atoms with E-state index in [-0.39, 0.29) is 18.2 Å². The summed E-state index contributed by atoms with van der Waals surface area (Å²) >= 11 is 0. The number of hydrogen-bond donors (Lipinski definition) is 2. The quantitative estimate of drug-likeness (QED) is 0.761. The standard InChI is InChI=1S/C15H21NO4/c1-11(9-15(18)19)10-16-14(17)8-5-12-3-6-13(20-2)7-4-12/h3-4,6-7,11H,5,8-10H2,1-2H3,(H,16,17)(H,18,19). The number of methoxy groups -OCH3 is 1. The van der Waals surface area contributed by atoms with Crippen molar-refractivity contribution in [3.05, 3.63) is 29.8 Å². The van der Waals surface area contributed by atoms with Crippen molar-refractivity contribution in [2.75, 3.05) is 13.7 Å². The van der Waals surface area contributed by atoms with E-state index in [4.69, 9.17) is 9.84 Å². The Balaban J connectivity index is 2.26. The molecule has 0 aliphatic carbocycles. The number of nitrogens with one attached hydrogen (secondary N) is 1. The Labute approximate surface area is 118 Å². The first-order valence-electron chi connectivity index (χ1n) is 6.62. The molecule has 1 unspecified atom stereocenters. The second-order valence-electron chi connectivity index (χ2n) is 4.86. The van der Waals surface area contributed by atoms with Gasteiger partial charge in [0, 0.05) is 19.4 Å². The molecule has 0 saturated heterocycles. The normalized spacial score (nSPS) is 11.7. The van der Waals surface area contributed by atoms with Gasteiger partial charge < -0.3 is 15.2 Å². The smallest absolute Gasteiger partial charge is 0.303 e. The van der Waals surface area contributed by atoms with Gasteiger partial charge in [-0.2, -0.15) is 0 Å². The van der Waals surface area contributed by atoms with E-state index in [1.807, 2.05) is 24.3 Å². The van der Waals surface area contributed by atoms with Gasteiger partial charge in [-0.25, -0.2) is 0 Å². The van der Waals surface area contributed by atoms with E-state index in [9.17, 15) is 9.59 Å². The molecular formula is C15H21NO4. The molecule has 5 nitrogen and oxygen atoms in total. The SMILES string of the molecule is COc1ccc(CCC(=O)NCC(C)CC(=O)O)cc1. The highest BCUT2D eigenvalue weighted by Gasteiger charge is 2.09. The van der Waals surface area contributed by atoms with Gasteiger partial charge in [-0.3, -0.25) is 9.59 Å². The first kappa shape index (κ1) is 16.0. The van der Waals surface area contributed by atoms with Crippen molar-refractivity contribution in [2.24, 2.45) is 5.92 Å². The third-order valence-corrected chi connectivity index (χ3v) is 2.97. The Kier molecular flexibility index (Phi) is 6.56. The van der Waals surface area contributed by atoms with Crippen LogP contribution in [0, 0.1) is 5.92 Å². The predicted molar refractivity (Wildman–Crippen MR) is 75.7 cm³/mol. The average molecular weight is 279 g/mol. The molecule has 0 radical (unpaired) electrons. The molecule has 0 bridgehead atoms. The van der Waals surface area contributed by atoms with Crippen LogP contribution in [-0.4, -0.2) is 30.6 Å². The van der Waals surface area contributed by atoms with Crippen molar-refractivity contribution in [1.82, 2.24) is 5.32 Å².